The number of likely N-dealkylation sites (N-methyl/N-ethyl adjacent to an activating group) is 1. The number of hydrogen-bond donors (Lipinski definition) is 2. The van der Waals surface area contributed by atoms with Crippen molar-refractivity contribution in [2.75, 3.05) is 13.2 Å². The lowest BCUT2D eigenvalue weighted by atomic mass is 9.79. The highest BCUT2D eigenvalue weighted by Gasteiger charge is 2.39. The Morgan fingerprint density at radius 1 is 1.06 bits per heavy atom. The van der Waals surface area contributed by atoms with Gasteiger partial charge in [-0.2, -0.15) is 0 Å². The first-order valence-corrected chi connectivity index (χ1v) is 11.6. The number of aliphatic carboxylic acids is 1. The zero-order chi connectivity index (χ0) is 23.5. The molecule has 7 heteroatoms. The number of nitrogens with zero attached hydrogens (tertiary/aromatic N) is 1. The predicted octanol–water partition coefficient (Wildman–Crippen LogP) is 4.02. The summed E-state index contributed by atoms with van der Waals surface area (Å²) >= 11 is 0. The van der Waals surface area contributed by atoms with Gasteiger partial charge in [-0.05, 0) is 54.9 Å². The van der Waals surface area contributed by atoms with E-state index in [4.69, 9.17) is 4.74 Å². The molecule has 1 fully saturated rings. The third kappa shape index (κ3) is 4.45. The molecule has 33 heavy (non-hydrogen) atoms. The first-order valence-electron chi connectivity index (χ1n) is 11.6. The number of carboxylic acids is 1. The quantitative estimate of drug-likeness (QED) is 0.633. The van der Waals surface area contributed by atoms with Crippen LogP contribution in [-0.4, -0.2) is 53.2 Å². The average Bonchev–Trinajstić information content (AvgIpc) is 3.10. The molecule has 2 atom stereocenters. The third-order valence-electron chi connectivity index (χ3n) is 6.95. The van der Waals surface area contributed by atoms with Crippen LogP contribution in [0.3, 0.4) is 0 Å². The number of carbonyl (C=O) groups excluding carboxylic acids is 2. The molecule has 2 aliphatic carbocycles. The summed E-state index contributed by atoms with van der Waals surface area (Å²) in [5.74, 6) is -1.52. The van der Waals surface area contributed by atoms with Crippen molar-refractivity contribution in [1.82, 2.24) is 10.2 Å². The molecule has 2 N–H and O–H groups in total. The molecule has 4 rings (SSSR count). The van der Waals surface area contributed by atoms with Gasteiger partial charge < -0.3 is 20.1 Å². The molecular formula is C26H30N2O5. The average molecular weight is 451 g/mol. The van der Waals surface area contributed by atoms with Crippen molar-refractivity contribution in [1.29, 1.82) is 0 Å². The normalized spacial score (nSPS) is 16.7. The number of fused-ring (bicyclic) bond motifs is 3. The van der Waals surface area contributed by atoms with Crippen LogP contribution in [0.1, 0.15) is 50.2 Å². The second kappa shape index (κ2) is 9.65. The van der Waals surface area contributed by atoms with E-state index < -0.39 is 24.1 Å². The van der Waals surface area contributed by atoms with Gasteiger partial charge in [0.2, 0.25) is 5.91 Å². The SMILES string of the molecule is CCN(C(=O)C(NC(=O)OCC1c2ccccc2-c2ccccc21)C1CCC1)C(C)C(=O)O. The number of benzene rings is 2. The van der Waals surface area contributed by atoms with Gasteiger partial charge >= 0.3 is 12.1 Å². The minimum Gasteiger partial charge on any atom is -0.480 e. The molecule has 0 radical (unpaired) electrons. The van der Waals surface area contributed by atoms with Crippen molar-refractivity contribution < 1.29 is 24.2 Å². The smallest absolute Gasteiger partial charge is 0.407 e. The van der Waals surface area contributed by atoms with Gasteiger partial charge in [0.15, 0.2) is 0 Å². The summed E-state index contributed by atoms with van der Waals surface area (Å²) in [6.45, 7) is 3.63. The summed E-state index contributed by atoms with van der Waals surface area (Å²) in [6, 6.07) is 14.5. The Morgan fingerprint density at radius 2 is 1.64 bits per heavy atom. The molecule has 0 saturated heterocycles. The number of carbonyl (C=O) groups is 3. The van der Waals surface area contributed by atoms with Crippen LogP contribution in [0, 0.1) is 5.92 Å². The first-order chi connectivity index (χ1) is 15.9. The van der Waals surface area contributed by atoms with Gasteiger partial charge in [0.25, 0.3) is 0 Å². The Balaban J connectivity index is 1.46. The van der Waals surface area contributed by atoms with E-state index >= 15 is 0 Å². The molecule has 2 aliphatic rings. The van der Waals surface area contributed by atoms with Gasteiger partial charge in [0.05, 0.1) is 0 Å². The topological polar surface area (TPSA) is 95.9 Å². The maximum atomic E-state index is 13.2. The van der Waals surface area contributed by atoms with Crippen molar-refractivity contribution in [3.05, 3.63) is 59.7 Å². The largest absolute Gasteiger partial charge is 0.480 e. The highest BCUT2D eigenvalue weighted by atomic mass is 16.5. The van der Waals surface area contributed by atoms with Crippen LogP contribution >= 0.6 is 0 Å². The number of nitrogens with one attached hydrogen (secondary N) is 1. The molecule has 7 nitrogen and oxygen atoms in total. The highest BCUT2D eigenvalue weighted by molar-refractivity contribution is 5.89. The van der Waals surface area contributed by atoms with E-state index in [9.17, 15) is 19.5 Å². The minimum absolute atomic E-state index is 0.00646. The van der Waals surface area contributed by atoms with Crippen LogP contribution in [0.2, 0.25) is 0 Å². The zero-order valence-electron chi connectivity index (χ0n) is 19.0. The van der Waals surface area contributed by atoms with Gasteiger partial charge in [0.1, 0.15) is 18.7 Å². The van der Waals surface area contributed by atoms with Gasteiger partial charge in [0, 0.05) is 12.5 Å². The van der Waals surface area contributed by atoms with E-state index in [1.807, 2.05) is 36.4 Å². The van der Waals surface area contributed by atoms with E-state index in [0.29, 0.717) is 0 Å². The molecule has 2 aromatic carbocycles. The fourth-order valence-corrected chi connectivity index (χ4v) is 4.85. The van der Waals surface area contributed by atoms with Crippen molar-refractivity contribution >= 4 is 18.0 Å². The van der Waals surface area contributed by atoms with Crippen molar-refractivity contribution in [3.8, 4) is 11.1 Å². The zero-order valence-corrected chi connectivity index (χ0v) is 19.0. The lowest BCUT2D eigenvalue weighted by Crippen LogP contribution is -2.56. The number of alkyl carbamates (subject to hydrolysis) is 1. The number of rotatable bonds is 8. The third-order valence-corrected chi connectivity index (χ3v) is 6.95. The molecule has 2 amide bonds. The van der Waals surface area contributed by atoms with E-state index in [-0.39, 0.29) is 30.9 Å². The molecular weight excluding hydrogens is 420 g/mol. The van der Waals surface area contributed by atoms with Crippen molar-refractivity contribution in [2.24, 2.45) is 5.92 Å². The van der Waals surface area contributed by atoms with Crippen LogP contribution in [-0.2, 0) is 14.3 Å². The summed E-state index contributed by atoms with van der Waals surface area (Å²) in [4.78, 5) is 38.7. The Morgan fingerprint density at radius 3 is 2.12 bits per heavy atom. The molecule has 2 unspecified atom stereocenters. The molecule has 2 aromatic rings. The Labute approximate surface area is 193 Å². The van der Waals surface area contributed by atoms with Crippen LogP contribution in [0.5, 0.6) is 0 Å². The lowest BCUT2D eigenvalue weighted by Gasteiger charge is -2.37. The Bertz CT molecular complexity index is 1000. The van der Waals surface area contributed by atoms with Gasteiger partial charge in [-0.25, -0.2) is 9.59 Å². The molecule has 0 aliphatic heterocycles. The maximum absolute atomic E-state index is 13.2. The monoisotopic (exact) mass is 450 g/mol. The second-order valence-corrected chi connectivity index (χ2v) is 8.78. The van der Waals surface area contributed by atoms with Crippen molar-refractivity contribution in [2.45, 2.75) is 51.1 Å². The summed E-state index contributed by atoms with van der Waals surface area (Å²) in [7, 11) is 0. The van der Waals surface area contributed by atoms with Gasteiger partial charge in [-0.15, -0.1) is 0 Å². The molecule has 1 saturated carbocycles. The number of amides is 2. The summed E-state index contributed by atoms with van der Waals surface area (Å²) in [5, 5.41) is 12.1. The summed E-state index contributed by atoms with van der Waals surface area (Å²) in [6.07, 6.45) is 1.97. The number of hydrogen-bond acceptors (Lipinski definition) is 4. The summed E-state index contributed by atoms with van der Waals surface area (Å²) < 4.78 is 5.62. The van der Waals surface area contributed by atoms with Crippen LogP contribution < -0.4 is 5.32 Å². The lowest BCUT2D eigenvalue weighted by molar-refractivity contribution is -0.151. The van der Waals surface area contributed by atoms with Gasteiger partial charge in [-0.1, -0.05) is 55.0 Å². The van der Waals surface area contributed by atoms with Crippen LogP contribution in [0.15, 0.2) is 48.5 Å². The summed E-state index contributed by atoms with van der Waals surface area (Å²) in [5.41, 5.74) is 4.52. The second-order valence-electron chi connectivity index (χ2n) is 8.78. The van der Waals surface area contributed by atoms with Crippen LogP contribution in [0.25, 0.3) is 11.1 Å². The highest BCUT2D eigenvalue weighted by Crippen LogP contribution is 2.44. The van der Waals surface area contributed by atoms with E-state index in [2.05, 4.69) is 17.4 Å². The molecule has 0 spiro atoms. The van der Waals surface area contributed by atoms with Crippen molar-refractivity contribution in [3.63, 3.8) is 0 Å². The van der Waals surface area contributed by atoms with Gasteiger partial charge in [-0.3, -0.25) is 4.79 Å². The molecule has 174 valence electrons. The van der Waals surface area contributed by atoms with E-state index in [1.54, 1.807) is 6.92 Å². The molecule has 0 bridgehead atoms. The minimum atomic E-state index is -1.07. The Hall–Kier alpha value is -3.35. The molecule has 0 aromatic heterocycles. The van der Waals surface area contributed by atoms with E-state index in [1.165, 1.54) is 11.8 Å². The Kier molecular flexibility index (Phi) is 6.67. The standard InChI is InChI=1S/C26H30N2O5/c1-3-28(16(2)25(30)31)24(29)23(17-9-8-10-17)27-26(32)33-15-22-20-13-6-4-11-18(20)19-12-5-7-14-21(19)22/h4-7,11-14,16-17,22-23H,3,8-10,15H2,1-2H3,(H,27,32)(H,30,31). The fraction of sp³-hybridized carbons (Fsp3) is 0.423. The first kappa shape index (κ1) is 22.8. The molecule has 0 heterocycles. The van der Waals surface area contributed by atoms with Crippen LogP contribution in [0.4, 0.5) is 4.79 Å². The number of ether oxygens (including phenoxy) is 1. The fourth-order valence-electron chi connectivity index (χ4n) is 4.85. The maximum Gasteiger partial charge on any atom is 0.407 e. The number of carboxylic acid groups (broad SMARTS) is 1. The van der Waals surface area contributed by atoms with E-state index in [0.717, 1.165) is 41.5 Å². The predicted molar refractivity (Wildman–Crippen MR) is 124 cm³/mol.